The van der Waals surface area contributed by atoms with E-state index >= 15 is 0 Å². The molecule has 2 rings (SSSR count). The molecular formula is C12H6Br2Cl2OS. The first-order valence-corrected chi connectivity index (χ1v) is 8.05. The van der Waals surface area contributed by atoms with Crippen LogP contribution >= 0.6 is 66.4 Å². The molecule has 0 N–H and O–H groups in total. The Morgan fingerprint density at radius 1 is 1.22 bits per heavy atom. The molecule has 1 heterocycles. The van der Waals surface area contributed by atoms with Gasteiger partial charge in [0, 0.05) is 22.0 Å². The van der Waals surface area contributed by atoms with Crippen LogP contribution in [0.1, 0.15) is 15.9 Å². The van der Waals surface area contributed by atoms with Crippen LogP contribution in [0.4, 0.5) is 0 Å². The van der Waals surface area contributed by atoms with E-state index in [0.29, 0.717) is 15.6 Å². The summed E-state index contributed by atoms with van der Waals surface area (Å²) >= 11 is 20.1. The summed E-state index contributed by atoms with van der Waals surface area (Å²) in [4.78, 5) is 12.2. The van der Waals surface area contributed by atoms with Crippen molar-refractivity contribution in [2.45, 2.75) is 6.42 Å². The fourth-order valence-electron chi connectivity index (χ4n) is 1.48. The Hall–Kier alpha value is 0.130. The highest BCUT2D eigenvalue weighted by molar-refractivity contribution is 9.12. The zero-order valence-corrected chi connectivity index (χ0v) is 14.3. The molecule has 0 fully saturated rings. The number of benzene rings is 1. The summed E-state index contributed by atoms with van der Waals surface area (Å²) in [5, 5.41) is 1.13. The van der Waals surface area contributed by atoms with Crippen molar-refractivity contribution in [3.63, 3.8) is 0 Å². The number of hydrogen-bond donors (Lipinski definition) is 0. The molecule has 1 nitrogen and oxygen atoms in total. The van der Waals surface area contributed by atoms with E-state index in [1.807, 2.05) is 0 Å². The number of ketones is 1. The standard InChI is InChI=1S/C12H6Br2Cl2OS/c13-11-5-8(12(14)18-11)10(17)4-6-3-7(15)1-2-9(6)16/h1-3,5H,4H2. The van der Waals surface area contributed by atoms with Gasteiger partial charge in [-0.2, -0.15) is 0 Å². The van der Waals surface area contributed by atoms with Crippen molar-refractivity contribution in [1.82, 2.24) is 0 Å². The number of carbonyl (C=O) groups excluding carboxylic acids is 1. The molecule has 94 valence electrons. The summed E-state index contributed by atoms with van der Waals surface area (Å²) in [6.07, 6.45) is 0.237. The monoisotopic (exact) mass is 426 g/mol. The lowest BCUT2D eigenvalue weighted by Gasteiger charge is -2.04. The first-order chi connectivity index (χ1) is 8.47. The zero-order chi connectivity index (χ0) is 13.3. The molecule has 0 atom stereocenters. The van der Waals surface area contributed by atoms with E-state index in [4.69, 9.17) is 23.2 Å². The van der Waals surface area contributed by atoms with Gasteiger partial charge < -0.3 is 0 Å². The molecule has 0 spiro atoms. The van der Waals surface area contributed by atoms with E-state index in [1.54, 1.807) is 24.3 Å². The predicted octanol–water partition coefficient (Wildman–Crippen LogP) is 6.01. The van der Waals surface area contributed by atoms with E-state index in [9.17, 15) is 4.79 Å². The van der Waals surface area contributed by atoms with Gasteiger partial charge in [0.2, 0.25) is 0 Å². The summed E-state index contributed by atoms with van der Waals surface area (Å²) in [5.41, 5.74) is 1.39. The molecule has 18 heavy (non-hydrogen) atoms. The largest absolute Gasteiger partial charge is 0.294 e. The lowest BCUT2D eigenvalue weighted by atomic mass is 10.1. The summed E-state index contributed by atoms with van der Waals surface area (Å²) in [6.45, 7) is 0. The first-order valence-electron chi connectivity index (χ1n) is 4.89. The molecule has 0 aliphatic heterocycles. The number of carbonyl (C=O) groups is 1. The summed E-state index contributed by atoms with van der Waals surface area (Å²) in [7, 11) is 0. The molecule has 0 bridgehead atoms. The highest BCUT2D eigenvalue weighted by Gasteiger charge is 2.15. The van der Waals surface area contributed by atoms with E-state index in [-0.39, 0.29) is 12.2 Å². The second-order valence-electron chi connectivity index (χ2n) is 3.57. The van der Waals surface area contributed by atoms with Gasteiger partial charge >= 0.3 is 0 Å². The van der Waals surface area contributed by atoms with Crippen molar-refractivity contribution >= 4 is 72.2 Å². The minimum atomic E-state index is 0.00740. The maximum atomic E-state index is 12.2. The average molecular weight is 429 g/mol. The van der Waals surface area contributed by atoms with Crippen molar-refractivity contribution in [1.29, 1.82) is 0 Å². The van der Waals surface area contributed by atoms with Gasteiger partial charge in [-0.05, 0) is 61.7 Å². The topological polar surface area (TPSA) is 17.1 Å². The minimum Gasteiger partial charge on any atom is -0.294 e. The Bertz CT molecular complexity index is 610. The fourth-order valence-corrected chi connectivity index (χ4v) is 4.71. The van der Waals surface area contributed by atoms with Crippen LogP contribution in [0.5, 0.6) is 0 Å². The van der Waals surface area contributed by atoms with Gasteiger partial charge in [0.1, 0.15) is 0 Å². The van der Waals surface area contributed by atoms with Gasteiger partial charge in [0.25, 0.3) is 0 Å². The molecule has 6 heteroatoms. The molecular weight excluding hydrogens is 423 g/mol. The lowest BCUT2D eigenvalue weighted by Crippen LogP contribution is -2.03. The van der Waals surface area contributed by atoms with Gasteiger partial charge in [0.15, 0.2) is 5.78 Å². The fraction of sp³-hybridized carbons (Fsp3) is 0.0833. The number of halogens is 4. The molecule has 0 aliphatic carbocycles. The van der Waals surface area contributed by atoms with Crippen molar-refractivity contribution in [2.75, 3.05) is 0 Å². The van der Waals surface area contributed by atoms with Gasteiger partial charge in [-0.25, -0.2) is 0 Å². The third-order valence-electron chi connectivity index (χ3n) is 2.32. The third kappa shape index (κ3) is 3.36. The molecule has 0 saturated carbocycles. The molecule has 0 saturated heterocycles. The van der Waals surface area contributed by atoms with Gasteiger partial charge in [-0.3, -0.25) is 4.79 Å². The smallest absolute Gasteiger partial charge is 0.169 e. The molecule has 0 amide bonds. The highest BCUT2D eigenvalue weighted by atomic mass is 79.9. The SMILES string of the molecule is O=C(Cc1cc(Cl)ccc1Cl)c1cc(Br)sc1Br. The number of thiophene rings is 1. The van der Waals surface area contributed by atoms with Crippen LogP contribution in [0.15, 0.2) is 31.8 Å². The van der Waals surface area contributed by atoms with Crippen LogP contribution < -0.4 is 0 Å². The summed E-state index contributed by atoms with van der Waals surface area (Å²) < 4.78 is 1.73. The minimum absolute atomic E-state index is 0.00740. The van der Waals surface area contributed by atoms with Crippen LogP contribution in [0, 0.1) is 0 Å². The van der Waals surface area contributed by atoms with Gasteiger partial charge in [-0.15, -0.1) is 11.3 Å². The maximum Gasteiger partial charge on any atom is 0.169 e. The first kappa shape index (κ1) is 14.5. The average Bonchev–Trinajstić information content (AvgIpc) is 2.63. The van der Waals surface area contributed by atoms with Crippen LogP contribution in [0.2, 0.25) is 10.0 Å². The second-order valence-corrected chi connectivity index (χ2v) is 8.17. The van der Waals surface area contributed by atoms with Crippen molar-refractivity contribution in [2.24, 2.45) is 0 Å². The molecule has 0 aliphatic rings. The number of hydrogen-bond acceptors (Lipinski definition) is 2. The molecule has 2 aromatic rings. The number of Topliss-reactive ketones (excluding diaryl/α,β-unsaturated/α-hetero) is 1. The van der Waals surface area contributed by atoms with Gasteiger partial charge in [0.05, 0.1) is 7.57 Å². The molecule has 1 aromatic carbocycles. The van der Waals surface area contributed by atoms with Gasteiger partial charge in [-0.1, -0.05) is 23.2 Å². The van der Waals surface area contributed by atoms with E-state index in [2.05, 4.69) is 31.9 Å². The normalized spacial score (nSPS) is 10.7. The molecule has 1 aromatic heterocycles. The lowest BCUT2D eigenvalue weighted by molar-refractivity contribution is 0.0993. The molecule has 0 radical (unpaired) electrons. The quantitative estimate of drug-likeness (QED) is 0.547. The Kier molecular flexibility index (Phi) is 4.89. The third-order valence-corrected chi connectivity index (χ3v) is 5.26. The van der Waals surface area contributed by atoms with Crippen molar-refractivity contribution in [3.05, 3.63) is 53.0 Å². The zero-order valence-electron chi connectivity index (χ0n) is 8.84. The van der Waals surface area contributed by atoms with E-state index < -0.39 is 0 Å². The summed E-state index contributed by atoms with van der Waals surface area (Å²) in [6, 6.07) is 6.92. The maximum absolute atomic E-state index is 12.2. The Morgan fingerprint density at radius 2 is 1.94 bits per heavy atom. The number of rotatable bonds is 3. The Labute approximate surface area is 135 Å². The van der Waals surface area contributed by atoms with Crippen LogP contribution in [0.3, 0.4) is 0 Å². The van der Waals surface area contributed by atoms with Crippen LogP contribution in [-0.4, -0.2) is 5.78 Å². The van der Waals surface area contributed by atoms with E-state index in [0.717, 1.165) is 13.1 Å². The Balaban J connectivity index is 2.26. The van der Waals surface area contributed by atoms with Crippen molar-refractivity contribution in [3.8, 4) is 0 Å². The highest BCUT2D eigenvalue weighted by Crippen LogP contribution is 2.33. The summed E-state index contributed by atoms with van der Waals surface area (Å²) in [5.74, 6) is 0.00740. The van der Waals surface area contributed by atoms with Crippen LogP contribution in [0.25, 0.3) is 0 Å². The van der Waals surface area contributed by atoms with E-state index in [1.165, 1.54) is 11.3 Å². The second kappa shape index (κ2) is 6.06. The van der Waals surface area contributed by atoms with Crippen LogP contribution in [-0.2, 0) is 6.42 Å². The Morgan fingerprint density at radius 3 is 2.56 bits per heavy atom. The molecule has 0 unspecified atom stereocenters. The van der Waals surface area contributed by atoms with Crippen molar-refractivity contribution < 1.29 is 4.79 Å². The predicted molar refractivity (Wildman–Crippen MR) is 84.2 cm³/mol.